The number of halogens is 1. The summed E-state index contributed by atoms with van der Waals surface area (Å²) in [5.74, 6) is -1.02. The van der Waals surface area contributed by atoms with Gasteiger partial charge < -0.3 is 15.6 Å². The van der Waals surface area contributed by atoms with E-state index in [0.717, 1.165) is 0 Å². The monoisotopic (exact) mass is 234 g/mol. The van der Waals surface area contributed by atoms with Gasteiger partial charge >= 0.3 is 0 Å². The number of carbonyl (C=O) groups is 1. The standard InChI is InChI=1S/C11H11FN4O/c1-16-5-10(14-6-16)11(17)15-9-4-7(13)2-3-8(9)12/h2-6H,13H2,1H3,(H,15,17). The lowest BCUT2D eigenvalue weighted by atomic mass is 10.2. The fourth-order valence-corrected chi connectivity index (χ4v) is 1.36. The smallest absolute Gasteiger partial charge is 0.275 e. The lowest BCUT2D eigenvalue weighted by molar-refractivity contribution is 0.102. The largest absolute Gasteiger partial charge is 0.399 e. The molecule has 1 aromatic carbocycles. The summed E-state index contributed by atoms with van der Waals surface area (Å²) in [7, 11) is 1.74. The molecule has 2 rings (SSSR count). The second kappa shape index (κ2) is 4.25. The van der Waals surface area contributed by atoms with Crippen LogP contribution >= 0.6 is 0 Å². The molecule has 0 saturated carbocycles. The Morgan fingerprint density at radius 3 is 2.94 bits per heavy atom. The maximum atomic E-state index is 13.4. The van der Waals surface area contributed by atoms with Gasteiger partial charge in [0.25, 0.3) is 5.91 Å². The lowest BCUT2D eigenvalue weighted by Gasteiger charge is -2.05. The predicted octanol–water partition coefficient (Wildman–Crippen LogP) is 1.39. The summed E-state index contributed by atoms with van der Waals surface area (Å²) in [4.78, 5) is 15.6. The first-order valence-corrected chi connectivity index (χ1v) is 4.90. The summed E-state index contributed by atoms with van der Waals surface area (Å²) >= 11 is 0. The van der Waals surface area contributed by atoms with Crippen LogP contribution in [0.5, 0.6) is 0 Å². The highest BCUT2D eigenvalue weighted by Gasteiger charge is 2.11. The molecule has 0 unspecified atom stereocenters. The number of nitrogens with two attached hydrogens (primary N) is 1. The summed E-state index contributed by atoms with van der Waals surface area (Å²) in [6.07, 6.45) is 3.03. The zero-order chi connectivity index (χ0) is 12.4. The van der Waals surface area contributed by atoms with Gasteiger partial charge in [-0.05, 0) is 18.2 Å². The van der Waals surface area contributed by atoms with Crippen molar-refractivity contribution in [3.05, 3.63) is 42.2 Å². The van der Waals surface area contributed by atoms with Crippen molar-refractivity contribution in [3.8, 4) is 0 Å². The van der Waals surface area contributed by atoms with Crippen LogP contribution in [0.1, 0.15) is 10.5 Å². The molecule has 0 radical (unpaired) electrons. The first kappa shape index (κ1) is 11.1. The molecule has 1 amide bonds. The van der Waals surface area contributed by atoms with Crippen LogP contribution in [-0.2, 0) is 7.05 Å². The third-order valence-corrected chi connectivity index (χ3v) is 2.18. The van der Waals surface area contributed by atoms with Crippen LogP contribution in [0.3, 0.4) is 0 Å². The Morgan fingerprint density at radius 2 is 2.29 bits per heavy atom. The van der Waals surface area contributed by atoms with E-state index in [2.05, 4.69) is 10.3 Å². The van der Waals surface area contributed by atoms with Crippen molar-refractivity contribution in [2.75, 3.05) is 11.1 Å². The number of imidazole rings is 1. The molecule has 0 aliphatic carbocycles. The van der Waals surface area contributed by atoms with Crippen LogP contribution in [0.2, 0.25) is 0 Å². The molecule has 1 heterocycles. The number of amides is 1. The molecule has 0 bridgehead atoms. The van der Waals surface area contributed by atoms with Crippen molar-refractivity contribution in [2.45, 2.75) is 0 Å². The van der Waals surface area contributed by atoms with Gasteiger partial charge in [0.05, 0.1) is 12.0 Å². The van der Waals surface area contributed by atoms with Crippen LogP contribution in [0.25, 0.3) is 0 Å². The second-order valence-corrected chi connectivity index (χ2v) is 3.62. The van der Waals surface area contributed by atoms with Crippen molar-refractivity contribution in [3.63, 3.8) is 0 Å². The Balaban J connectivity index is 2.21. The molecular weight excluding hydrogens is 223 g/mol. The zero-order valence-electron chi connectivity index (χ0n) is 9.14. The molecule has 17 heavy (non-hydrogen) atoms. The fourth-order valence-electron chi connectivity index (χ4n) is 1.36. The first-order valence-electron chi connectivity index (χ1n) is 4.90. The second-order valence-electron chi connectivity index (χ2n) is 3.62. The maximum absolute atomic E-state index is 13.4. The average Bonchev–Trinajstić information content (AvgIpc) is 2.70. The number of carbonyl (C=O) groups excluding carboxylic acids is 1. The van der Waals surface area contributed by atoms with Crippen molar-refractivity contribution in [1.29, 1.82) is 0 Å². The summed E-state index contributed by atoms with van der Waals surface area (Å²) < 4.78 is 15.0. The van der Waals surface area contributed by atoms with Gasteiger partial charge in [-0.1, -0.05) is 0 Å². The average molecular weight is 234 g/mol. The van der Waals surface area contributed by atoms with E-state index in [1.165, 1.54) is 24.5 Å². The van der Waals surface area contributed by atoms with Crippen LogP contribution in [0.15, 0.2) is 30.7 Å². The number of nitrogens with one attached hydrogen (secondary N) is 1. The van der Waals surface area contributed by atoms with E-state index < -0.39 is 11.7 Å². The highest BCUT2D eigenvalue weighted by Crippen LogP contribution is 2.17. The van der Waals surface area contributed by atoms with Crippen LogP contribution < -0.4 is 11.1 Å². The van der Waals surface area contributed by atoms with E-state index in [9.17, 15) is 9.18 Å². The van der Waals surface area contributed by atoms with E-state index in [1.807, 2.05) is 0 Å². The summed E-state index contributed by atoms with van der Waals surface area (Å²) in [5, 5.41) is 2.41. The number of anilines is 2. The minimum Gasteiger partial charge on any atom is -0.399 e. The molecule has 0 saturated heterocycles. The van der Waals surface area contributed by atoms with E-state index >= 15 is 0 Å². The lowest BCUT2D eigenvalue weighted by Crippen LogP contribution is -2.13. The number of aryl methyl sites for hydroxylation is 1. The number of hydrogen-bond donors (Lipinski definition) is 2. The summed E-state index contributed by atoms with van der Waals surface area (Å²) in [6.45, 7) is 0. The van der Waals surface area contributed by atoms with Gasteiger partial charge in [0.15, 0.2) is 0 Å². The minimum atomic E-state index is -0.538. The Hall–Kier alpha value is -2.37. The number of hydrogen-bond acceptors (Lipinski definition) is 3. The topological polar surface area (TPSA) is 72.9 Å². The molecule has 5 nitrogen and oxygen atoms in total. The van der Waals surface area contributed by atoms with E-state index in [-0.39, 0.29) is 11.4 Å². The minimum absolute atomic E-state index is 0.0423. The van der Waals surface area contributed by atoms with Gasteiger partial charge in [-0.15, -0.1) is 0 Å². The maximum Gasteiger partial charge on any atom is 0.275 e. The molecule has 88 valence electrons. The van der Waals surface area contributed by atoms with Gasteiger partial charge in [0.2, 0.25) is 0 Å². The van der Waals surface area contributed by atoms with Gasteiger partial charge in [0, 0.05) is 18.9 Å². The molecule has 2 aromatic rings. The molecule has 0 fully saturated rings. The highest BCUT2D eigenvalue weighted by atomic mass is 19.1. The molecule has 0 spiro atoms. The van der Waals surface area contributed by atoms with Crippen molar-refractivity contribution in [2.24, 2.45) is 7.05 Å². The zero-order valence-corrected chi connectivity index (χ0v) is 9.14. The van der Waals surface area contributed by atoms with Crippen molar-refractivity contribution in [1.82, 2.24) is 9.55 Å². The number of rotatable bonds is 2. The van der Waals surface area contributed by atoms with E-state index in [4.69, 9.17) is 5.73 Å². The van der Waals surface area contributed by atoms with Gasteiger partial charge in [0.1, 0.15) is 11.5 Å². The van der Waals surface area contributed by atoms with Crippen LogP contribution in [-0.4, -0.2) is 15.5 Å². The first-order chi connectivity index (χ1) is 8.06. The van der Waals surface area contributed by atoms with Crippen LogP contribution in [0.4, 0.5) is 15.8 Å². The Kier molecular flexibility index (Phi) is 2.78. The molecule has 0 aliphatic rings. The molecule has 0 atom stereocenters. The third-order valence-electron chi connectivity index (χ3n) is 2.18. The molecule has 0 aliphatic heterocycles. The van der Waals surface area contributed by atoms with Crippen molar-refractivity contribution >= 4 is 17.3 Å². The number of benzene rings is 1. The van der Waals surface area contributed by atoms with Crippen molar-refractivity contribution < 1.29 is 9.18 Å². The summed E-state index contributed by atoms with van der Waals surface area (Å²) in [6, 6.07) is 3.98. The SMILES string of the molecule is Cn1cnc(C(=O)Nc2cc(N)ccc2F)c1. The Morgan fingerprint density at radius 1 is 1.53 bits per heavy atom. The quantitative estimate of drug-likeness (QED) is 0.771. The van der Waals surface area contributed by atoms with Crippen LogP contribution in [0, 0.1) is 5.82 Å². The van der Waals surface area contributed by atoms with E-state index in [0.29, 0.717) is 5.69 Å². The van der Waals surface area contributed by atoms with Gasteiger partial charge in [-0.2, -0.15) is 0 Å². The molecule has 6 heteroatoms. The number of nitrogens with zero attached hydrogens (tertiary/aromatic N) is 2. The molecule has 1 aromatic heterocycles. The summed E-state index contributed by atoms with van der Waals surface area (Å²) in [5.41, 5.74) is 6.15. The van der Waals surface area contributed by atoms with E-state index in [1.54, 1.807) is 17.8 Å². The van der Waals surface area contributed by atoms with Gasteiger partial charge in [-0.3, -0.25) is 4.79 Å². The Labute approximate surface area is 97.1 Å². The highest BCUT2D eigenvalue weighted by molar-refractivity contribution is 6.03. The molecule has 3 N–H and O–H groups in total. The van der Waals surface area contributed by atoms with Gasteiger partial charge in [-0.25, -0.2) is 9.37 Å². The number of nitrogen functional groups attached to an aromatic ring is 1. The fraction of sp³-hybridized carbons (Fsp3) is 0.0909. The Bertz CT molecular complexity index is 564. The molecular formula is C11H11FN4O. The normalized spacial score (nSPS) is 10.2. The predicted molar refractivity (Wildman–Crippen MR) is 62.0 cm³/mol. The number of aromatic nitrogens is 2. The third kappa shape index (κ3) is 2.41.